The number of nitrogens with one attached hydrogen (secondary N) is 1. The summed E-state index contributed by atoms with van der Waals surface area (Å²) in [5.41, 5.74) is -1.68. The van der Waals surface area contributed by atoms with E-state index in [1.54, 1.807) is 0 Å². The highest BCUT2D eigenvalue weighted by Crippen LogP contribution is 2.20. The molecule has 1 aliphatic rings. The molecule has 2 rings (SSSR count). The molecule has 0 aliphatic carbocycles. The zero-order chi connectivity index (χ0) is 14.9. The molecule has 8 heteroatoms. The zero-order valence-corrected chi connectivity index (χ0v) is 12.2. The summed E-state index contributed by atoms with van der Waals surface area (Å²) in [6.45, 7) is 3.54. The molecule has 1 aromatic heterocycles. The van der Waals surface area contributed by atoms with Crippen LogP contribution in [0.4, 0.5) is 0 Å². The number of methoxy groups -OCH3 is 1. The molecule has 20 heavy (non-hydrogen) atoms. The van der Waals surface area contributed by atoms with Crippen LogP contribution < -0.4 is 10.9 Å². The maximum atomic E-state index is 12.2. The van der Waals surface area contributed by atoms with Crippen LogP contribution in [-0.2, 0) is 16.1 Å². The first-order chi connectivity index (χ1) is 9.36. The van der Waals surface area contributed by atoms with Crippen molar-refractivity contribution < 1.29 is 14.3 Å². The Morgan fingerprint density at radius 1 is 1.50 bits per heavy atom. The fraction of sp³-hybridized carbons (Fsp3) is 0.500. The number of nitrogens with zero attached hydrogens (tertiary/aromatic N) is 2. The number of carbonyl (C=O) groups is 2. The molecule has 0 saturated heterocycles. The lowest BCUT2D eigenvalue weighted by molar-refractivity contribution is -0.146. The minimum atomic E-state index is -1.21. The molecule has 0 aromatic carbocycles. The molecule has 1 amide bonds. The van der Waals surface area contributed by atoms with Crippen molar-refractivity contribution in [3.05, 3.63) is 22.1 Å². The average molecular weight is 297 g/mol. The van der Waals surface area contributed by atoms with Crippen LogP contribution in [0.5, 0.6) is 0 Å². The molecule has 0 saturated carbocycles. The zero-order valence-electron chi connectivity index (χ0n) is 11.4. The molecule has 0 unspecified atom stereocenters. The first-order valence-electron chi connectivity index (χ1n) is 6.00. The quantitative estimate of drug-likeness (QED) is 0.625. The maximum absolute atomic E-state index is 12.2. The van der Waals surface area contributed by atoms with Gasteiger partial charge in [-0.3, -0.25) is 14.2 Å². The third kappa shape index (κ3) is 2.55. The van der Waals surface area contributed by atoms with E-state index in [4.69, 9.17) is 0 Å². The Balaban J connectivity index is 2.27. The molecular formula is C12H15N3O4S. The normalized spacial score (nSPS) is 13.8. The highest BCUT2D eigenvalue weighted by atomic mass is 32.2. The lowest BCUT2D eigenvalue weighted by Crippen LogP contribution is -2.51. The standard InChI is InChI=1S/C12H15N3O4S/c1-12(2,10(18)19-3)14-8(16)7-6-13-11-15(9(7)17)4-5-20-11/h6H,4-5H2,1-3H3,(H,14,16). The van der Waals surface area contributed by atoms with E-state index < -0.39 is 23.0 Å². The Hall–Kier alpha value is -1.83. The minimum absolute atomic E-state index is 0.0757. The van der Waals surface area contributed by atoms with Gasteiger partial charge in [0, 0.05) is 18.5 Å². The molecule has 1 aliphatic heterocycles. The van der Waals surface area contributed by atoms with E-state index in [1.807, 2.05) is 0 Å². The van der Waals surface area contributed by atoms with Gasteiger partial charge in [0.05, 0.1) is 7.11 Å². The van der Waals surface area contributed by atoms with Crippen LogP contribution in [0, 0.1) is 0 Å². The Bertz CT molecular complexity index is 624. The van der Waals surface area contributed by atoms with Crippen molar-refractivity contribution in [3.63, 3.8) is 0 Å². The van der Waals surface area contributed by atoms with E-state index in [1.165, 1.54) is 43.5 Å². The lowest BCUT2D eigenvalue weighted by Gasteiger charge is -2.22. The van der Waals surface area contributed by atoms with Gasteiger partial charge < -0.3 is 10.1 Å². The molecule has 1 aromatic rings. The summed E-state index contributed by atoms with van der Waals surface area (Å²) in [5.74, 6) is -0.457. The van der Waals surface area contributed by atoms with Crippen LogP contribution in [0.15, 0.2) is 16.1 Å². The highest BCUT2D eigenvalue weighted by molar-refractivity contribution is 7.99. The van der Waals surface area contributed by atoms with Crippen LogP contribution in [0.2, 0.25) is 0 Å². The highest BCUT2D eigenvalue weighted by Gasteiger charge is 2.32. The summed E-state index contributed by atoms with van der Waals surface area (Å²) in [6, 6.07) is 0. The second-order valence-electron chi connectivity index (χ2n) is 4.83. The van der Waals surface area contributed by atoms with Gasteiger partial charge in [-0.05, 0) is 13.8 Å². The Morgan fingerprint density at radius 2 is 2.20 bits per heavy atom. The van der Waals surface area contributed by atoms with Crippen LogP contribution in [0.1, 0.15) is 24.2 Å². The van der Waals surface area contributed by atoms with Crippen molar-refractivity contribution in [2.45, 2.75) is 31.1 Å². The number of thioether (sulfide) groups is 1. The van der Waals surface area contributed by atoms with Crippen molar-refractivity contribution in [2.75, 3.05) is 12.9 Å². The van der Waals surface area contributed by atoms with Crippen molar-refractivity contribution >= 4 is 23.6 Å². The number of esters is 1. The van der Waals surface area contributed by atoms with Gasteiger partial charge in [-0.25, -0.2) is 9.78 Å². The third-order valence-electron chi connectivity index (χ3n) is 2.92. The molecule has 0 bridgehead atoms. The largest absolute Gasteiger partial charge is 0.467 e. The van der Waals surface area contributed by atoms with Gasteiger partial charge in [0.25, 0.3) is 11.5 Å². The fourth-order valence-electron chi connectivity index (χ4n) is 1.83. The second kappa shape index (κ2) is 5.28. The Morgan fingerprint density at radius 3 is 2.85 bits per heavy atom. The fourth-order valence-corrected chi connectivity index (χ4v) is 2.74. The lowest BCUT2D eigenvalue weighted by atomic mass is 10.1. The summed E-state index contributed by atoms with van der Waals surface area (Å²) in [4.78, 5) is 39.9. The number of amides is 1. The molecule has 0 spiro atoms. The summed E-state index contributed by atoms with van der Waals surface area (Å²) < 4.78 is 6.06. The predicted octanol–water partition coefficient (Wildman–Crippen LogP) is 0.0304. The number of hydrogen-bond donors (Lipinski definition) is 1. The van der Waals surface area contributed by atoms with Crippen LogP contribution in [-0.4, -0.2) is 39.8 Å². The van der Waals surface area contributed by atoms with Crippen molar-refractivity contribution in [1.82, 2.24) is 14.9 Å². The van der Waals surface area contributed by atoms with Gasteiger partial charge in [-0.2, -0.15) is 0 Å². The number of rotatable bonds is 3. The van der Waals surface area contributed by atoms with E-state index in [9.17, 15) is 14.4 Å². The summed E-state index contributed by atoms with van der Waals surface area (Å²) in [5, 5.41) is 3.09. The van der Waals surface area contributed by atoms with Crippen LogP contribution in [0.25, 0.3) is 0 Å². The molecule has 108 valence electrons. The van der Waals surface area contributed by atoms with Crippen LogP contribution in [0.3, 0.4) is 0 Å². The number of fused-ring (bicyclic) bond motifs is 1. The molecule has 0 radical (unpaired) electrons. The third-order valence-corrected chi connectivity index (χ3v) is 3.89. The topological polar surface area (TPSA) is 90.3 Å². The van der Waals surface area contributed by atoms with Gasteiger partial charge in [0.15, 0.2) is 5.16 Å². The second-order valence-corrected chi connectivity index (χ2v) is 5.89. The first kappa shape index (κ1) is 14.6. The maximum Gasteiger partial charge on any atom is 0.330 e. The van der Waals surface area contributed by atoms with E-state index in [0.29, 0.717) is 11.7 Å². The van der Waals surface area contributed by atoms with Gasteiger partial charge in [-0.15, -0.1) is 0 Å². The van der Waals surface area contributed by atoms with Gasteiger partial charge in [0.2, 0.25) is 0 Å². The molecule has 0 atom stereocenters. The van der Waals surface area contributed by atoms with Crippen molar-refractivity contribution in [3.8, 4) is 0 Å². The molecule has 1 N–H and O–H groups in total. The van der Waals surface area contributed by atoms with Gasteiger partial charge >= 0.3 is 5.97 Å². The number of aromatic nitrogens is 2. The monoisotopic (exact) mass is 297 g/mol. The predicted molar refractivity (Wildman–Crippen MR) is 72.8 cm³/mol. The molecule has 0 fully saturated rings. The van der Waals surface area contributed by atoms with Crippen molar-refractivity contribution in [2.24, 2.45) is 0 Å². The van der Waals surface area contributed by atoms with E-state index in [2.05, 4.69) is 15.0 Å². The van der Waals surface area contributed by atoms with E-state index in [0.717, 1.165) is 5.75 Å². The first-order valence-corrected chi connectivity index (χ1v) is 6.99. The average Bonchev–Trinajstić information content (AvgIpc) is 2.86. The molecule has 7 nitrogen and oxygen atoms in total. The number of carbonyl (C=O) groups excluding carboxylic acids is 2. The minimum Gasteiger partial charge on any atom is -0.467 e. The summed E-state index contributed by atoms with van der Waals surface area (Å²) in [6.07, 6.45) is 1.25. The molecular weight excluding hydrogens is 282 g/mol. The van der Waals surface area contributed by atoms with Gasteiger partial charge in [0.1, 0.15) is 11.1 Å². The SMILES string of the molecule is COC(=O)C(C)(C)NC(=O)c1cnc2n(c1=O)CCS2. The Kier molecular flexibility index (Phi) is 3.85. The molecule has 2 heterocycles. The van der Waals surface area contributed by atoms with E-state index in [-0.39, 0.29) is 5.56 Å². The summed E-state index contributed by atoms with van der Waals surface area (Å²) >= 11 is 1.47. The number of hydrogen-bond acceptors (Lipinski definition) is 6. The van der Waals surface area contributed by atoms with Crippen molar-refractivity contribution in [1.29, 1.82) is 0 Å². The van der Waals surface area contributed by atoms with Gasteiger partial charge in [-0.1, -0.05) is 11.8 Å². The smallest absolute Gasteiger partial charge is 0.330 e. The van der Waals surface area contributed by atoms with E-state index >= 15 is 0 Å². The summed E-state index contributed by atoms with van der Waals surface area (Å²) in [7, 11) is 1.24. The number of ether oxygens (including phenoxy) is 1. The Labute approximate surface area is 119 Å². The van der Waals surface area contributed by atoms with Crippen LogP contribution >= 0.6 is 11.8 Å².